The molecule has 7 nitrogen and oxygen atoms in total. The van der Waals surface area contributed by atoms with E-state index in [9.17, 15) is 4.79 Å². The van der Waals surface area contributed by atoms with Crippen molar-refractivity contribution in [1.29, 1.82) is 0 Å². The van der Waals surface area contributed by atoms with Crippen molar-refractivity contribution in [3.63, 3.8) is 0 Å². The number of primary amides is 1. The number of carbonyl (C=O) groups excluding carboxylic acids is 1. The van der Waals surface area contributed by atoms with E-state index in [4.69, 9.17) is 5.73 Å². The van der Waals surface area contributed by atoms with Gasteiger partial charge < -0.3 is 10.7 Å². The molecule has 1 heterocycles. The summed E-state index contributed by atoms with van der Waals surface area (Å²) in [5, 5.41) is 10.2. The van der Waals surface area contributed by atoms with Crippen molar-refractivity contribution in [1.82, 2.24) is 15.0 Å². The largest absolute Gasteiger partial charge is 0.364 e. The summed E-state index contributed by atoms with van der Waals surface area (Å²) in [5.41, 5.74) is 7.64. The minimum absolute atomic E-state index is 0.142. The number of imidazole rings is 1. The number of carbonyl (C=O) groups is 1. The van der Waals surface area contributed by atoms with E-state index in [-0.39, 0.29) is 11.5 Å². The Bertz CT molecular complexity index is 803. The molecular formula is C18H18N6O. The van der Waals surface area contributed by atoms with E-state index in [0.29, 0.717) is 13.1 Å². The van der Waals surface area contributed by atoms with Crippen LogP contribution in [-0.4, -0.2) is 20.9 Å². The molecule has 0 spiro atoms. The van der Waals surface area contributed by atoms with Crippen molar-refractivity contribution in [3.05, 3.63) is 83.8 Å². The minimum Gasteiger partial charge on any atom is -0.364 e. The Labute approximate surface area is 145 Å². The highest BCUT2D eigenvalue weighted by atomic mass is 16.1. The van der Waals surface area contributed by atoms with Crippen LogP contribution in [0.15, 0.2) is 77.3 Å². The first-order valence-corrected chi connectivity index (χ1v) is 7.80. The van der Waals surface area contributed by atoms with Crippen LogP contribution in [0.3, 0.4) is 0 Å². The van der Waals surface area contributed by atoms with Crippen LogP contribution in [-0.2, 0) is 13.1 Å². The lowest BCUT2D eigenvalue weighted by atomic mass is 10.2. The molecule has 126 valence electrons. The average molecular weight is 334 g/mol. The molecular weight excluding hydrogens is 316 g/mol. The normalized spacial score (nSPS) is 10.9. The SMILES string of the molecule is NC(=O)c1[nH]cnc1/N=N/N(Cc1ccccc1)Cc1ccccc1. The van der Waals surface area contributed by atoms with Gasteiger partial charge in [0.05, 0.1) is 19.4 Å². The highest BCUT2D eigenvalue weighted by Gasteiger charge is 2.11. The molecule has 1 amide bonds. The Morgan fingerprint density at radius 1 is 1.00 bits per heavy atom. The first-order chi connectivity index (χ1) is 12.2. The third-order valence-corrected chi connectivity index (χ3v) is 3.55. The Morgan fingerprint density at radius 3 is 2.08 bits per heavy atom. The predicted octanol–water partition coefficient (Wildman–Crippen LogP) is 3.21. The van der Waals surface area contributed by atoms with Gasteiger partial charge >= 0.3 is 0 Å². The first kappa shape index (κ1) is 16.4. The van der Waals surface area contributed by atoms with Crippen molar-refractivity contribution in [2.75, 3.05) is 0 Å². The van der Waals surface area contributed by atoms with E-state index in [0.717, 1.165) is 11.1 Å². The van der Waals surface area contributed by atoms with Crippen molar-refractivity contribution in [2.45, 2.75) is 13.1 Å². The maximum atomic E-state index is 11.3. The molecule has 25 heavy (non-hydrogen) atoms. The Hall–Kier alpha value is -3.48. The zero-order valence-corrected chi connectivity index (χ0v) is 13.5. The maximum Gasteiger partial charge on any atom is 0.269 e. The van der Waals surface area contributed by atoms with Crippen LogP contribution in [0, 0.1) is 0 Å². The van der Waals surface area contributed by atoms with Gasteiger partial charge in [0.2, 0.25) is 5.82 Å². The number of nitrogens with zero attached hydrogens (tertiary/aromatic N) is 4. The Balaban J connectivity index is 1.81. The summed E-state index contributed by atoms with van der Waals surface area (Å²) in [5.74, 6) is -0.442. The molecule has 0 bridgehead atoms. The van der Waals surface area contributed by atoms with Gasteiger partial charge in [0, 0.05) is 0 Å². The van der Waals surface area contributed by atoms with E-state index in [1.54, 1.807) is 0 Å². The molecule has 3 aromatic rings. The van der Waals surface area contributed by atoms with E-state index in [2.05, 4.69) is 20.3 Å². The molecule has 1 aromatic heterocycles. The molecule has 0 saturated heterocycles. The molecule has 0 aliphatic rings. The summed E-state index contributed by atoms with van der Waals surface area (Å²) in [4.78, 5) is 18.0. The van der Waals surface area contributed by atoms with Crippen LogP contribution >= 0.6 is 0 Å². The van der Waals surface area contributed by atoms with Crippen molar-refractivity contribution >= 4 is 11.7 Å². The van der Waals surface area contributed by atoms with Gasteiger partial charge in [0.1, 0.15) is 0 Å². The molecule has 0 aliphatic heterocycles. The Morgan fingerprint density at radius 2 is 1.56 bits per heavy atom. The summed E-state index contributed by atoms with van der Waals surface area (Å²) in [6.07, 6.45) is 1.37. The number of nitrogens with two attached hydrogens (primary N) is 1. The zero-order valence-electron chi connectivity index (χ0n) is 13.5. The number of aromatic amines is 1. The molecule has 7 heteroatoms. The highest BCUT2D eigenvalue weighted by molar-refractivity contribution is 5.94. The van der Waals surface area contributed by atoms with E-state index >= 15 is 0 Å². The highest BCUT2D eigenvalue weighted by Crippen LogP contribution is 2.16. The van der Waals surface area contributed by atoms with Crippen LogP contribution in [0.1, 0.15) is 21.6 Å². The van der Waals surface area contributed by atoms with Gasteiger partial charge in [-0.25, -0.2) is 4.98 Å². The van der Waals surface area contributed by atoms with Gasteiger partial charge in [-0.2, -0.15) is 0 Å². The molecule has 0 aliphatic carbocycles. The lowest BCUT2D eigenvalue weighted by Gasteiger charge is -2.17. The van der Waals surface area contributed by atoms with E-state index in [1.165, 1.54) is 6.33 Å². The topological polar surface area (TPSA) is 99.7 Å². The third kappa shape index (κ3) is 4.51. The zero-order chi connectivity index (χ0) is 17.5. The number of H-pyrrole nitrogens is 1. The minimum atomic E-state index is -0.621. The van der Waals surface area contributed by atoms with Gasteiger partial charge in [0.25, 0.3) is 5.91 Å². The number of amides is 1. The number of aromatic nitrogens is 2. The van der Waals surface area contributed by atoms with Crippen LogP contribution in [0.2, 0.25) is 0 Å². The van der Waals surface area contributed by atoms with Crippen LogP contribution in [0.4, 0.5) is 5.82 Å². The molecule has 3 rings (SSSR count). The second kappa shape index (κ2) is 7.87. The monoisotopic (exact) mass is 334 g/mol. The fourth-order valence-electron chi connectivity index (χ4n) is 2.36. The summed E-state index contributed by atoms with van der Waals surface area (Å²) >= 11 is 0. The van der Waals surface area contributed by atoms with Crippen LogP contribution in [0.25, 0.3) is 0 Å². The molecule has 0 unspecified atom stereocenters. The van der Waals surface area contributed by atoms with E-state index < -0.39 is 5.91 Å². The van der Waals surface area contributed by atoms with Crippen molar-refractivity contribution in [2.24, 2.45) is 16.1 Å². The second-order valence-electron chi connectivity index (χ2n) is 5.45. The third-order valence-electron chi connectivity index (χ3n) is 3.55. The van der Waals surface area contributed by atoms with Crippen LogP contribution < -0.4 is 5.73 Å². The van der Waals surface area contributed by atoms with Crippen molar-refractivity contribution in [3.8, 4) is 0 Å². The molecule has 0 fully saturated rings. The van der Waals surface area contributed by atoms with E-state index in [1.807, 2.05) is 65.7 Å². The molecule has 0 atom stereocenters. The van der Waals surface area contributed by atoms with Crippen LogP contribution in [0.5, 0.6) is 0 Å². The quantitative estimate of drug-likeness (QED) is 0.512. The predicted molar refractivity (Wildman–Crippen MR) is 93.8 cm³/mol. The summed E-state index contributed by atoms with van der Waals surface area (Å²) in [7, 11) is 0. The van der Waals surface area contributed by atoms with Gasteiger partial charge in [-0.15, -0.1) is 5.11 Å². The van der Waals surface area contributed by atoms with Gasteiger partial charge in [0.15, 0.2) is 5.69 Å². The average Bonchev–Trinajstić information content (AvgIpc) is 3.10. The van der Waals surface area contributed by atoms with Gasteiger partial charge in [-0.1, -0.05) is 65.9 Å². The Kier molecular flexibility index (Phi) is 5.16. The molecule has 0 saturated carbocycles. The molecule has 3 N–H and O–H groups in total. The van der Waals surface area contributed by atoms with Gasteiger partial charge in [-0.05, 0) is 11.1 Å². The van der Waals surface area contributed by atoms with Gasteiger partial charge in [-0.3, -0.25) is 9.80 Å². The maximum absolute atomic E-state index is 11.3. The summed E-state index contributed by atoms with van der Waals surface area (Å²) < 4.78 is 0. The molecule has 2 aromatic carbocycles. The fourth-order valence-corrected chi connectivity index (χ4v) is 2.36. The number of nitrogens with one attached hydrogen (secondary N) is 1. The standard InChI is InChI=1S/C18H18N6O/c19-17(25)16-18(21-13-20-16)22-23-24(11-14-7-3-1-4-8-14)12-15-9-5-2-6-10-15/h1-10,13H,11-12H2,(H2,19,25)(H,20,21)/b23-22+. The smallest absolute Gasteiger partial charge is 0.269 e. The number of benzene rings is 2. The summed E-state index contributed by atoms with van der Waals surface area (Å²) in [6.45, 7) is 1.16. The lowest BCUT2D eigenvalue weighted by molar-refractivity contribution is 0.0996. The first-order valence-electron chi connectivity index (χ1n) is 7.80. The lowest BCUT2D eigenvalue weighted by Crippen LogP contribution is -2.16. The van der Waals surface area contributed by atoms with Crippen molar-refractivity contribution < 1.29 is 4.79 Å². The summed E-state index contributed by atoms with van der Waals surface area (Å²) in [6, 6.07) is 19.9. The second-order valence-corrected chi connectivity index (χ2v) is 5.45. The number of rotatable bonds is 7. The fraction of sp³-hybridized carbons (Fsp3) is 0.111. The number of hydrogen-bond acceptors (Lipinski definition) is 4. The molecule has 0 radical (unpaired) electrons. The number of hydrogen-bond donors (Lipinski definition) is 2.